The zero-order valence-electron chi connectivity index (χ0n) is 16.8. The number of aromatic nitrogens is 3. The molecular weight excluding hydrogens is 390 g/mol. The number of carbonyl (C=O) groups excluding carboxylic acids is 1. The third-order valence-electron chi connectivity index (χ3n) is 4.38. The number of thioether (sulfide) groups is 1. The van der Waals surface area contributed by atoms with Gasteiger partial charge in [0.05, 0.1) is 27.1 Å². The van der Waals surface area contributed by atoms with Gasteiger partial charge in [0.2, 0.25) is 5.75 Å². The van der Waals surface area contributed by atoms with Crippen LogP contribution in [0.15, 0.2) is 47.6 Å². The largest absolute Gasteiger partial charge is 0.493 e. The molecule has 0 unspecified atom stereocenters. The highest BCUT2D eigenvalue weighted by atomic mass is 32.2. The Balaban J connectivity index is 1.89. The number of hydrogen-bond donors (Lipinski definition) is 0. The minimum atomic E-state index is 0.0515. The van der Waals surface area contributed by atoms with E-state index < -0.39 is 0 Å². The molecule has 1 aromatic heterocycles. The van der Waals surface area contributed by atoms with Crippen molar-refractivity contribution < 1.29 is 19.0 Å². The van der Waals surface area contributed by atoms with Gasteiger partial charge in [0, 0.05) is 17.7 Å². The predicted octanol–water partition coefficient (Wildman–Crippen LogP) is 3.97. The van der Waals surface area contributed by atoms with Crippen LogP contribution in [0.5, 0.6) is 17.2 Å². The van der Waals surface area contributed by atoms with Crippen LogP contribution in [0, 0.1) is 0 Å². The lowest BCUT2D eigenvalue weighted by molar-refractivity contribution is 0.102. The monoisotopic (exact) mass is 413 g/mol. The van der Waals surface area contributed by atoms with Crippen LogP contribution in [0.3, 0.4) is 0 Å². The number of ether oxygens (including phenoxy) is 3. The molecular formula is C21H23N3O4S. The Morgan fingerprint density at radius 2 is 1.66 bits per heavy atom. The van der Waals surface area contributed by atoms with E-state index in [1.54, 1.807) is 21.3 Å². The standard InChI is InChI=1S/C21H23N3O4S/c1-5-24-20(15-11-17(26-2)19(28-4)18(12-15)27-3)22-23-21(24)29-13-16(25)14-9-7-6-8-10-14/h6-12H,5,13H2,1-4H3. The van der Waals surface area contributed by atoms with E-state index in [0.29, 0.717) is 40.3 Å². The lowest BCUT2D eigenvalue weighted by atomic mass is 10.1. The van der Waals surface area contributed by atoms with Gasteiger partial charge in [0.1, 0.15) is 0 Å². The summed E-state index contributed by atoms with van der Waals surface area (Å²) >= 11 is 1.37. The molecule has 0 aliphatic rings. The smallest absolute Gasteiger partial charge is 0.203 e. The predicted molar refractivity (Wildman–Crippen MR) is 112 cm³/mol. The van der Waals surface area contributed by atoms with E-state index in [9.17, 15) is 4.79 Å². The van der Waals surface area contributed by atoms with Crippen molar-refractivity contribution in [2.75, 3.05) is 27.1 Å². The fraction of sp³-hybridized carbons (Fsp3) is 0.286. The van der Waals surface area contributed by atoms with Crippen LogP contribution in [-0.2, 0) is 6.54 Å². The molecule has 0 aliphatic heterocycles. The number of Topliss-reactive ketones (excluding diaryl/α,β-unsaturated/α-hetero) is 1. The minimum absolute atomic E-state index is 0.0515. The third kappa shape index (κ3) is 4.37. The Morgan fingerprint density at radius 3 is 2.21 bits per heavy atom. The quantitative estimate of drug-likeness (QED) is 0.388. The molecule has 0 bridgehead atoms. The normalized spacial score (nSPS) is 10.6. The molecule has 0 atom stereocenters. The van der Waals surface area contributed by atoms with Crippen LogP contribution in [-0.4, -0.2) is 47.6 Å². The van der Waals surface area contributed by atoms with Gasteiger partial charge in [-0.1, -0.05) is 42.1 Å². The molecule has 0 amide bonds. The Hall–Kier alpha value is -3.00. The molecule has 0 radical (unpaired) electrons. The average molecular weight is 413 g/mol. The van der Waals surface area contributed by atoms with E-state index in [1.165, 1.54) is 11.8 Å². The van der Waals surface area contributed by atoms with Crippen LogP contribution in [0.25, 0.3) is 11.4 Å². The summed E-state index contributed by atoms with van der Waals surface area (Å²) in [5, 5.41) is 9.32. The molecule has 0 spiro atoms. The van der Waals surface area contributed by atoms with Crippen molar-refractivity contribution in [3.05, 3.63) is 48.0 Å². The van der Waals surface area contributed by atoms with E-state index in [0.717, 1.165) is 5.56 Å². The molecule has 0 N–H and O–H groups in total. The van der Waals surface area contributed by atoms with Crippen LogP contribution in [0.1, 0.15) is 17.3 Å². The summed E-state index contributed by atoms with van der Waals surface area (Å²) in [5.74, 6) is 2.61. The molecule has 0 fully saturated rings. The summed E-state index contributed by atoms with van der Waals surface area (Å²) in [6.07, 6.45) is 0. The first-order chi connectivity index (χ1) is 14.1. The number of ketones is 1. The van der Waals surface area contributed by atoms with Crippen molar-refractivity contribution in [3.8, 4) is 28.6 Å². The number of nitrogens with zero attached hydrogens (tertiary/aromatic N) is 3. The molecule has 0 aliphatic carbocycles. The van der Waals surface area contributed by atoms with Gasteiger partial charge in [0.25, 0.3) is 0 Å². The van der Waals surface area contributed by atoms with Crippen molar-refractivity contribution >= 4 is 17.5 Å². The lowest BCUT2D eigenvalue weighted by Crippen LogP contribution is -2.05. The highest BCUT2D eigenvalue weighted by Gasteiger charge is 2.19. The highest BCUT2D eigenvalue weighted by Crippen LogP contribution is 2.41. The zero-order chi connectivity index (χ0) is 20.8. The van der Waals surface area contributed by atoms with Gasteiger partial charge in [0.15, 0.2) is 28.3 Å². The summed E-state index contributed by atoms with van der Waals surface area (Å²) in [6.45, 7) is 2.66. The Bertz CT molecular complexity index is 964. The second kappa shape index (κ2) is 9.47. The van der Waals surface area contributed by atoms with Gasteiger partial charge in [-0.25, -0.2) is 0 Å². The summed E-state index contributed by atoms with van der Waals surface area (Å²) in [4.78, 5) is 12.4. The molecule has 29 heavy (non-hydrogen) atoms. The van der Waals surface area contributed by atoms with Gasteiger partial charge in [-0.05, 0) is 19.1 Å². The van der Waals surface area contributed by atoms with Gasteiger partial charge in [-0.15, -0.1) is 10.2 Å². The molecule has 1 heterocycles. The van der Waals surface area contributed by atoms with Crippen LogP contribution >= 0.6 is 11.8 Å². The van der Waals surface area contributed by atoms with Crippen molar-refractivity contribution in [1.29, 1.82) is 0 Å². The second-order valence-electron chi connectivity index (χ2n) is 6.04. The molecule has 8 heteroatoms. The maximum Gasteiger partial charge on any atom is 0.203 e. The minimum Gasteiger partial charge on any atom is -0.493 e. The van der Waals surface area contributed by atoms with E-state index in [1.807, 2.05) is 54.0 Å². The number of hydrogen-bond acceptors (Lipinski definition) is 7. The first kappa shape index (κ1) is 20.7. The van der Waals surface area contributed by atoms with Crippen LogP contribution < -0.4 is 14.2 Å². The summed E-state index contributed by atoms with van der Waals surface area (Å²) in [5.41, 5.74) is 1.47. The molecule has 152 valence electrons. The Kier molecular flexibility index (Phi) is 6.77. The molecule has 3 rings (SSSR count). The molecule has 0 saturated carbocycles. The van der Waals surface area contributed by atoms with Gasteiger partial charge < -0.3 is 18.8 Å². The molecule has 7 nitrogen and oxygen atoms in total. The highest BCUT2D eigenvalue weighted by molar-refractivity contribution is 7.99. The van der Waals surface area contributed by atoms with E-state index in [-0.39, 0.29) is 11.5 Å². The number of benzene rings is 2. The van der Waals surface area contributed by atoms with Crippen molar-refractivity contribution in [2.45, 2.75) is 18.6 Å². The number of carbonyl (C=O) groups is 1. The van der Waals surface area contributed by atoms with E-state index in [2.05, 4.69) is 10.2 Å². The number of rotatable bonds is 9. The van der Waals surface area contributed by atoms with Crippen LogP contribution in [0.4, 0.5) is 0 Å². The summed E-state index contributed by atoms with van der Waals surface area (Å²) in [7, 11) is 4.71. The topological polar surface area (TPSA) is 75.5 Å². The van der Waals surface area contributed by atoms with E-state index in [4.69, 9.17) is 14.2 Å². The molecule has 2 aromatic carbocycles. The summed E-state index contributed by atoms with van der Waals surface area (Å²) in [6, 6.07) is 12.9. The molecule has 3 aromatic rings. The average Bonchev–Trinajstić information content (AvgIpc) is 3.19. The van der Waals surface area contributed by atoms with Crippen molar-refractivity contribution in [1.82, 2.24) is 14.8 Å². The Morgan fingerprint density at radius 1 is 1.00 bits per heavy atom. The van der Waals surface area contributed by atoms with Crippen molar-refractivity contribution in [3.63, 3.8) is 0 Å². The van der Waals surface area contributed by atoms with Crippen LogP contribution in [0.2, 0.25) is 0 Å². The fourth-order valence-corrected chi connectivity index (χ4v) is 3.84. The Labute approximate surface area is 174 Å². The summed E-state index contributed by atoms with van der Waals surface area (Å²) < 4.78 is 18.2. The third-order valence-corrected chi connectivity index (χ3v) is 5.35. The van der Waals surface area contributed by atoms with Gasteiger partial charge >= 0.3 is 0 Å². The molecule has 0 saturated heterocycles. The maximum atomic E-state index is 12.4. The van der Waals surface area contributed by atoms with Gasteiger partial charge in [-0.2, -0.15) is 0 Å². The zero-order valence-corrected chi connectivity index (χ0v) is 17.7. The number of methoxy groups -OCH3 is 3. The maximum absolute atomic E-state index is 12.4. The SMILES string of the molecule is CCn1c(SCC(=O)c2ccccc2)nnc1-c1cc(OC)c(OC)c(OC)c1. The second-order valence-corrected chi connectivity index (χ2v) is 6.98. The lowest BCUT2D eigenvalue weighted by Gasteiger charge is -2.14. The van der Waals surface area contributed by atoms with Crippen molar-refractivity contribution in [2.24, 2.45) is 0 Å². The van der Waals surface area contributed by atoms with Gasteiger partial charge in [-0.3, -0.25) is 4.79 Å². The fourth-order valence-electron chi connectivity index (χ4n) is 2.94. The van der Waals surface area contributed by atoms with E-state index >= 15 is 0 Å². The first-order valence-corrected chi connectivity index (χ1v) is 10.1. The first-order valence-electron chi connectivity index (χ1n) is 9.07.